The summed E-state index contributed by atoms with van der Waals surface area (Å²) >= 11 is 2.91. The molecule has 2 rings (SSSR count). The van der Waals surface area contributed by atoms with E-state index in [2.05, 4.69) is 22.4 Å². The van der Waals surface area contributed by atoms with Crippen molar-refractivity contribution in [3.63, 3.8) is 0 Å². The highest BCUT2D eigenvalue weighted by atomic mass is 32.2. The number of aromatic nitrogens is 2. The van der Waals surface area contributed by atoms with E-state index in [0.29, 0.717) is 5.56 Å². The van der Waals surface area contributed by atoms with Gasteiger partial charge in [0.1, 0.15) is 5.75 Å². The maximum atomic E-state index is 12.4. The van der Waals surface area contributed by atoms with Gasteiger partial charge in [-0.1, -0.05) is 30.0 Å². The minimum Gasteiger partial charge on any atom is -0.497 e. The Bertz CT molecular complexity index is 614. The number of hydrogen-bond donors (Lipinski definition) is 1. The molecule has 2 aromatic rings. The zero-order chi connectivity index (χ0) is 15.9. The van der Waals surface area contributed by atoms with Gasteiger partial charge in [0.05, 0.1) is 12.4 Å². The van der Waals surface area contributed by atoms with Crippen molar-refractivity contribution in [1.82, 2.24) is 10.2 Å². The predicted octanol–water partition coefficient (Wildman–Crippen LogP) is 3.73. The Morgan fingerprint density at radius 1 is 1.36 bits per heavy atom. The van der Waals surface area contributed by atoms with Crippen molar-refractivity contribution in [2.75, 3.05) is 19.0 Å². The normalized spacial score (nSPS) is 12.0. The number of carbonyl (C=O) groups excluding carboxylic acids is 1. The molecular weight excluding hydrogens is 318 g/mol. The lowest BCUT2D eigenvalue weighted by atomic mass is 10.1. The van der Waals surface area contributed by atoms with Gasteiger partial charge in [-0.15, -0.1) is 10.2 Å². The maximum absolute atomic E-state index is 12.4. The number of carbonyl (C=O) groups is 1. The summed E-state index contributed by atoms with van der Waals surface area (Å²) in [6, 6.07) is 7.16. The third-order valence-electron chi connectivity index (χ3n) is 2.95. The third-order valence-corrected chi connectivity index (χ3v) is 5.02. The largest absolute Gasteiger partial charge is 0.497 e. The van der Waals surface area contributed by atoms with Crippen molar-refractivity contribution < 1.29 is 9.53 Å². The second kappa shape index (κ2) is 8.14. The van der Waals surface area contributed by atoms with Gasteiger partial charge >= 0.3 is 0 Å². The Balaban J connectivity index is 1.96. The molecule has 0 spiro atoms. The number of nitrogens with one attached hydrogen (secondary N) is 1. The van der Waals surface area contributed by atoms with E-state index in [9.17, 15) is 4.79 Å². The van der Waals surface area contributed by atoms with E-state index in [4.69, 9.17) is 4.74 Å². The number of anilines is 1. The van der Waals surface area contributed by atoms with Crippen LogP contribution in [0.1, 0.15) is 30.6 Å². The molecule has 0 aliphatic rings. The number of hydrogen-bond acceptors (Lipinski definition) is 7. The van der Waals surface area contributed by atoms with E-state index in [1.165, 1.54) is 23.1 Å². The highest BCUT2D eigenvalue weighted by Gasteiger charge is 2.18. The number of methoxy groups -OCH3 is 1. The standard InChI is InChI=1S/C15H19N3O2S2/c1-4-9-16-14-17-18-15(22-14)21-10(2)13(19)11-5-7-12(20-3)8-6-11/h5-8,10H,4,9H2,1-3H3,(H,16,17). The van der Waals surface area contributed by atoms with Crippen molar-refractivity contribution in [3.8, 4) is 5.75 Å². The van der Waals surface area contributed by atoms with Gasteiger partial charge in [-0.2, -0.15) is 0 Å². The predicted molar refractivity (Wildman–Crippen MR) is 91.3 cm³/mol. The maximum Gasteiger partial charge on any atom is 0.206 e. The molecule has 1 N–H and O–H groups in total. The van der Waals surface area contributed by atoms with Gasteiger partial charge in [0.25, 0.3) is 0 Å². The van der Waals surface area contributed by atoms with Crippen LogP contribution in [0.25, 0.3) is 0 Å². The Morgan fingerprint density at radius 3 is 2.73 bits per heavy atom. The lowest BCUT2D eigenvalue weighted by Gasteiger charge is -2.08. The van der Waals surface area contributed by atoms with Crippen LogP contribution in [0.4, 0.5) is 5.13 Å². The summed E-state index contributed by atoms with van der Waals surface area (Å²) < 4.78 is 5.90. The van der Waals surface area contributed by atoms with E-state index in [-0.39, 0.29) is 11.0 Å². The molecular formula is C15H19N3O2S2. The molecule has 0 aliphatic carbocycles. The molecule has 0 radical (unpaired) electrons. The first-order valence-corrected chi connectivity index (χ1v) is 8.76. The average molecular weight is 337 g/mol. The SMILES string of the molecule is CCCNc1nnc(SC(C)C(=O)c2ccc(OC)cc2)s1. The molecule has 0 fully saturated rings. The molecule has 118 valence electrons. The molecule has 1 aromatic carbocycles. The highest BCUT2D eigenvalue weighted by Crippen LogP contribution is 2.30. The molecule has 22 heavy (non-hydrogen) atoms. The fourth-order valence-electron chi connectivity index (χ4n) is 1.76. The smallest absolute Gasteiger partial charge is 0.206 e. The Kier molecular flexibility index (Phi) is 6.21. The van der Waals surface area contributed by atoms with Gasteiger partial charge in [-0.25, -0.2) is 0 Å². The van der Waals surface area contributed by atoms with Crippen LogP contribution in [0.15, 0.2) is 28.6 Å². The molecule has 0 saturated carbocycles. The monoisotopic (exact) mass is 337 g/mol. The van der Waals surface area contributed by atoms with Crippen LogP contribution < -0.4 is 10.1 Å². The number of rotatable bonds is 8. The summed E-state index contributed by atoms with van der Waals surface area (Å²) in [5.41, 5.74) is 0.676. The van der Waals surface area contributed by atoms with Gasteiger partial charge < -0.3 is 10.1 Å². The fraction of sp³-hybridized carbons (Fsp3) is 0.400. The second-order valence-electron chi connectivity index (χ2n) is 4.65. The molecule has 1 aromatic heterocycles. The van der Waals surface area contributed by atoms with Crippen LogP contribution in [-0.4, -0.2) is 34.9 Å². The van der Waals surface area contributed by atoms with E-state index in [1.807, 2.05) is 6.92 Å². The number of benzene rings is 1. The zero-order valence-electron chi connectivity index (χ0n) is 12.8. The molecule has 7 heteroatoms. The minimum absolute atomic E-state index is 0.0749. The Labute approximate surface area is 138 Å². The van der Waals surface area contributed by atoms with Crippen molar-refractivity contribution in [2.24, 2.45) is 0 Å². The highest BCUT2D eigenvalue weighted by molar-refractivity contribution is 8.02. The van der Waals surface area contributed by atoms with Gasteiger partial charge in [0.2, 0.25) is 5.13 Å². The van der Waals surface area contributed by atoms with Crippen LogP contribution in [0, 0.1) is 0 Å². The lowest BCUT2D eigenvalue weighted by Crippen LogP contribution is -2.13. The van der Waals surface area contributed by atoms with Gasteiger partial charge in [-0.3, -0.25) is 4.79 Å². The quantitative estimate of drug-likeness (QED) is 0.585. The van der Waals surface area contributed by atoms with Crippen molar-refractivity contribution in [2.45, 2.75) is 29.9 Å². The van der Waals surface area contributed by atoms with Crippen LogP contribution in [0.5, 0.6) is 5.75 Å². The van der Waals surface area contributed by atoms with Crippen molar-refractivity contribution in [3.05, 3.63) is 29.8 Å². The Morgan fingerprint density at radius 2 is 2.09 bits per heavy atom. The summed E-state index contributed by atoms with van der Waals surface area (Å²) in [4.78, 5) is 12.4. The zero-order valence-corrected chi connectivity index (χ0v) is 14.5. The topological polar surface area (TPSA) is 64.1 Å². The van der Waals surface area contributed by atoms with E-state index in [1.54, 1.807) is 31.4 Å². The summed E-state index contributed by atoms with van der Waals surface area (Å²) in [5.74, 6) is 0.818. The number of ketones is 1. The lowest BCUT2D eigenvalue weighted by molar-refractivity contribution is 0.0994. The van der Waals surface area contributed by atoms with Crippen molar-refractivity contribution in [1.29, 1.82) is 0 Å². The second-order valence-corrected chi connectivity index (χ2v) is 7.22. The van der Waals surface area contributed by atoms with E-state index < -0.39 is 0 Å². The van der Waals surface area contributed by atoms with Gasteiger partial charge in [0, 0.05) is 12.1 Å². The first-order valence-electron chi connectivity index (χ1n) is 7.06. The number of thioether (sulfide) groups is 1. The molecule has 1 unspecified atom stereocenters. The third kappa shape index (κ3) is 4.45. The van der Waals surface area contributed by atoms with Crippen LogP contribution in [0.3, 0.4) is 0 Å². The molecule has 0 amide bonds. The molecule has 5 nitrogen and oxygen atoms in total. The fourth-order valence-corrected chi connectivity index (χ4v) is 3.75. The number of Topliss-reactive ketones (excluding diaryl/α,β-unsaturated/α-hetero) is 1. The summed E-state index contributed by atoms with van der Waals surface area (Å²) in [5, 5.41) is 12.0. The number of ether oxygens (including phenoxy) is 1. The van der Waals surface area contributed by atoms with E-state index in [0.717, 1.165) is 28.2 Å². The molecule has 1 heterocycles. The molecule has 0 bridgehead atoms. The van der Waals surface area contributed by atoms with Gasteiger partial charge in [0.15, 0.2) is 10.1 Å². The van der Waals surface area contributed by atoms with Crippen LogP contribution in [0.2, 0.25) is 0 Å². The summed E-state index contributed by atoms with van der Waals surface area (Å²) in [6.45, 7) is 4.86. The number of nitrogens with zero attached hydrogens (tertiary/aromatic N) is 2. The Hall–Kier alpha value is -1.60. The van der Waals surface area contributed by atoms with Gasteiger partial charge in [-0.05, 0) is 37.6 Å². The minimum atomic E-state index is -0.208. The average Bonchev–Trinajstić information content (AvgIpc) is 2.99. The molecule has 1 atom stereocenters. The van der Waals surface area contributed by atoms with Crippen molar-refractivity contribution >= 4 is 34.0 Å². The molecule has 0 aliphatic heterocycles. The summed E-state index contributed by atoms with van der Waals surface area (Å²) in [6.07, 6.45) is 1.04. The summed E-state index contributed by atoms with van der Waals surface area (Å²) in [7, 11) is 1.61. The van der Waals surface area contributed by atoms with E-state index >= 15 is 0 Å². The molecule has 0 saturated heterocycles. The first-order chi connectivity index (χ1) is 10.6. The van der Waals surface area contributed by atoms with Crippen LogP contribution in [-0.2, 0) is 0 Å². The van der Waals surface area contributed by atoms with Crippen LogP contribution >= 0.6 is 23.1 Å². The first kappa shape index (κ1) is 16.8.